The van der Waals surface area contributed by atoms with Gasteiger partial charge < -0.3 is 13.9 Å². The van der Waals surface area contributed by atoms with Crippen LogP contribution >= 0.6 is 0 Å². The Hall–Kier alpha value is -8.14. The van der Waals surface area contributed by atoms with Crippen LogP contribution in [0.25, 0.3) is 93.6 Å². The van der Waals surface area contributed by atoms with Crippen molar-refractivity contribution in [3.05, 3.63) is 230 Å². The van der Waals surface area contributed by atoms with E-state index >= 15 is 0 Å². The second-order valence-corrected chi connectivity index (χ2v) is 18.2. The van der Waals surface area contributed by atoms with E-state index in [1.54, 1.807) is 0 Å². The zero-order valence-electron chi connectivity index (χ0n) is 37.3. The molecule has 12 aromatic rings. The maximum absolute atomic E-state index is 6.48. The third-order valence-corrected chi connectivity index (χ3v) is 14.4. The summed E-state index contributed by atoms with van der Waals surface area (Å²) < 4.78 is 8.88. The Labute approximate surface area is 390 Å². The molecule has 0 radical (unpaired) electrons. The van der Waals surface area contributed by atoms with Crippen molar-refractivity contribution >= 4 is 71.6 Å². The number of aromatic nitrogens is 1. The number of hydrogen-bond donors (Lipinski definition) is 0. The molecule has 3 heteroatoms. The number of hydrogen-bond acceptors (Lipinski definition) is 2. The summed E-state index contributed by atoms with van der Waals surface area (Å²) in [4.78, 5) is 2.48. The molecule has 0 saturated heterocycles. The minimum atomic E-state index is 0.566. The van der Waals surface area contributed by atoms with Crippen molar-refractivity contribution in [2.45, 2.75) is 38.0 Å². The summed E-state index contributed by atoms with van der Waals surface area (Å²) in [5.74, 6) is 0.566. The van der Waals surface area contributed by atoms with Gasteiger partial charge in [0.2, 0.25) is 0 Å². The van der Waals surface area contributed by atoms with Gasteiger partial charge in [0.05, 0.1) is 22.4 Å². The average Bonchev–Trinajstić information content (AvgIpc) is 3.94. The van der Waals surface area contributed by atoms with E-state index in [1.165, 1.54) is 92.5 Å². The summed E-state index contributed by atoms with van der Waals surface area (Å²) in [6, 6.07) is 82.3. The molecule has 10 aromatic carbocycles. The van der Waals surface area contributed by atoms with Crippen LogP contribution in [0.2, 0.25) is 0 Å². The number of para-hydroxylation sites is 5. The smallest absolute Gasteiger partial charge is 0.136 e. The molecule has 0 spiro atoms. The summed E-state index contributed by atoms with van der Waals surface area (Å²) in [6.45, 7) is 0. The molecule has 2 heterocycles. The topological polar surface area (TPSA) is 21.3 Å². The molecule has 0 bridgehead atoms. The highest BCUT2D eigenvalue weighted by Gasteiger charge is 2.25. The number of nitrogens with zero attached hydrogens (tertiary/aromatic N) is 2. The highest BCUT2D eigenvalue weighted by molar-refractivity contribution is 6.11. The van der Waals surface area contributed by atoms with Gasteiger partial charge in [-0.25, -0.2) is 0 Å². The third-order valence-electron chi connectivity index (χ3n) is 14.4. The minimum absolute atomic E-state index is 0.566. The first-order chi connectivity index (χ1) is 33.2. The van der Waals surface area contributed by atoms with Crippen LogP contribution in [0.3, 0.4) is 0 Å². The molecule has 1 aliphatic carbocycles. The van der Waals surface area contributed by atoms with Gasteiger partial charge >= 0.3 is 0 Å². The lowest BCUT2D eigenvalue weighted by atomic mass is 9.80. The van der Waals surface area contributed by atoms with Crippen molar-refractivity contribution in [3.8, 4) is 39.1 Å². The predicted molar refractivity (Wildman–Crippen MR) is 282 cm³/mol. The monoisotopic (exact) mass is 860 g/mol. The van der Waals surface area contributed by atoms with Crippen LogP contribution in [0.5, 0.6) is 0 Å². The Morgan fingerprint density at radius 3 is 1.85 bits per heavy atom. The van der Waals surface area contributed by atoms with Gasteiger partial charge in [0, 0.05) is 44.0 Å². The standard InChI is InChI=1S/C64H48N2O/c1-3-17-44(18-4-1)51-27-15-19-45-20-16-28-57(64(45)51)53-25-9-13-31-60(53)65(58-29-11-7-23-50(58)47-36-40-56-55-26-10-14-32-62(55)67-63(56)42-47)49-37-33-43(34-38-49)46-35-39-54-52-24-8-12-30-59(52)66(61(54)41-46)48-21-5-2-6-22-48/h2,5-16,19-42,44H,1,3-4,17-18H2. The molecule has 3 nitrogen and oxygen atoms in total. The molecule has 0 aliphatic heterocycles. The van der Waals surface area contributed by atoms with E-state index in [0.717, 1.165) is 55.8 Å². The summed E-state index contributed by atoms with van der Waals surface area (Å²) in [5, 5.41) is 7.45. The number of benzene rings is 10. The molecule has 1 saturated carbocycles. The molecule has 320 valence electrons. The number of furan rings is 1. The summed E-state index contributed by atoms with van der Waals surface area (Å²) in [7, 11) is 0. The Morgan fingerprint density at radius 2 is 1.01 bits per heavy atom. The number of anilines is 3. The molecule has 2 aromatic heterocycles. The summed E-state index contributed by atoms with van der Waals surface area (Å²) in [5.41, 5.74) is 17.2. The highest BCUT2D eigenvalue weighted by atomic mass is 16.3. The van der Waals surface area contributed by atoms with Gasteiger partial charge in [-0.15, -0.1) is 0 Å². The Kier molecular flexibility index (Phi) is 9.60. The van der Waals surface area contributed by atoms with Crippen molar-refractivity contribution in [2.24, 2.45) is 0 Å². The van der Waals surface area contributed by atoms with Gasteiger partial charge in [-0.3, -0.25) is 0 Å². The normalized spacial score (nSPS) is 13.3. The van der Waals surface area contributed by atoms with E-state index in [2.05, 4.69) is 228 Å². The summed E-state index contributed by atoms with van der Waals surface area (Å²) in [6.07, 6.45) is 6.42. The fraction of sp³-hybridized carbons (Fsp3) is 0.0938. The van der Waals surface area contributed by atoms with Crippen LogP contribution < -0.4 is 4.90 Å². The number of rotatable bonds is 8. The Morgan fingerprint density at radius 1 is 0.403 bits per heavy atom. The molecular weight excluding hydrogens is 813 g/mol. The molecule has 67 heavy (non-hydrogen) atoms. The first-order valence-corrected chi connectivity index (χ1v) is 23.9. The van der Waals surface area contributed by atoms with Gasteiger partial charge in [0.1, 0.15) is 11.2 Å². The Bertz CT molecular complexity index is 3790. The lowest BCUT2D eigenvalue weighted by molar-refractivity contribution is 0.445. The lowest BCUT2D eigenvalue weighted by Gasteiger charge is -2.31. The van der Waals surface area contributed by atoms with Gasteiger partial charge in [0.15, 0.2) is 0 Å². The van der Waals surface area contributed by atoms with Crippen molar-refractivity contribution in [1.29, 1.82) is 0 Å². The zero-order valence-corrected chi connectivity index (χ0v) is 37.3. The van der Waals surface area contributed by atoms with E-state index in [-0.39, 0.29) is 0 Å². The SMILES string of the molecule is c1ccc(-n2c3ccccc3c3ccc(-c4ccc(N(c5ccccc5-c5ccc6c(c5)oc5ccccc56)c5ccccc5-c5cccc6cccc(C7CCCCC7)c56)cc4)cc32)cc1. The van der Waals surface area contributed by atoms with Crippen LogP contribution in [0, 0.1) is 0 Å². The highest BCUT2D eigenvalue weighted by Crippen LogP contribution is 2.48. The summed E-state index contributed by atoms with van der Waals surface area (Å²) >= 11 is 0. The maximum Gasteiger partial charge on any atom is 0.136 e. The van der Waals surface area contributed by atoms with E-state index in [0.29, 0.717) is 5.92 Å². The molecule has 0 N–H and O–H groups in total. The van der Waals surface area contributed by atoms with Gasteiger partial charge in [-0.2, -0.15) is 0 Å². The van der Waals surface area contributed by atoms with Crippen LogP contribution in [0.15, 0.2) is 229 Å². The van der Waals surface area contributed by atoms with Crippen molar-refractivity contribution in [3.63, 3.8) is 0 Å². The molecule has 0 amide bonds. The van der Waals surface area contributed by atoms with Crippen molar-refractivity contribution < 1.29 is 4.42 Å². The van der Waals surface area contributed by atoms with E-state index < -0.39 is 0 Å². The fourth-order valence-electron chi connectivity index (χ4n) is 11.3. The second kappa shape index (κ2) is 16.4. The first-order valence-electron chi connectivity index (χ1n) is 23.9. The molecular formula is C64H48N2O. The lowest BCUT2D eigenvalue weighted by Crippen LogP contribution is -2.12. The van der Waals surface area contributed by atoms with E-state index in [4.69, 9.17) is 4.42 Å². The van der Waals surface area contributed by atoms with Crippen LogP contribution in [0.4, 0.5) is 17.1 Å². The van der Waals surface area contributed by atoms with Gasteiger partial charge in [0.25, 0.3) is 0 Å². The minimum Gasteiger partial charge on any atom is -0.456 e. The second-order valence-electron chi connectivity index (χ2n) is 18.2. The van der Waals surface area contributed by atoms with Crippen molar-refractivity contribution in [2.75, 3.05) is 4.90 Å². The zero-order chi connectivity index (χ0) is 44.3. The largest absolute Gasteiger partial charge is 0.456 e. The fourth-order valence-corrected chi connectivity index (χ4v) is 11.3. The quantitative estimate of drug-likeness (QED) is 0.152. The molecule has 13 rings (SSSR count). The van der Waals surface area contributed by atoms with Crippen molar-refractivity contribution in [1.82, 2.24) is 4.57 Å². The first kappa shape index (κ1) is 39.2. The van der Waals surface area contributed by atoms with E-state index in [9.17, 15) is 0 Å². The predicted octanol–water partition coefficient (Wildman–Crippen LogP) is 18.4. The van der Waals surface area contributed by atoms with Gasteiger partial charge in [-0.1, -0.05) is 177 Å². The van der Waals surface area contributed by atoms with Crippen LogP contribution in [-0.4, -0.2) is 4.57 Å². The molecule has 1 aliphatic rings. The Balaban J connectivity index is 0.993. The van der Waals surface area contributed by atoms with Gasteiger partial charge in [-0.05, 0) is 124 Å². The van der Waals surface area contributed by atoms with E-state index in [1.807, 2.05) is 6.07 Å². The van der Waals surface area contributed by atoms with Crippen LogP contribution in [0.1, 0.15) is 43.6 Å². The maximum atomic E-state index is 6.48. The molecule has 1 fully saturated rings. The van der Waals surface area contributed by atoms with Crippen LogP contribution in [-0.2, 0) is 0 Å². The average molecular weight is 861 g/mol. The number of fused-ring (bicyclic) bond motifs is 7. The molecule has 0 atom stereocenters. The third kappa shape index (κ3) is 6.72. The molecule has 0 unspecified atom stereocenters.